The maximum absolute atomic E-state index is 5.67. The molecule has 4 nitrogen and oxygen atoms in total. The van der Waals surface area contributed by atoms with Crippen molar-refractivity contribution < 1.29 is 0 Å². The predicted molar refractivity (Wildman–Crippen MR) is 235 cm³/mol. The van der Waals surface area contributed by atoms with Gasteiger partial charge in [-0.1, -0.05) is 98.5 Å². The van der Waals surface area contributed by atoms with E-state index in [1.54, 1.807) is 0 Å². The molecule has 0 aliphatic heterocycles. The Morgan fingerprint density at radius 2 is 0.625 bits per heavy atom. The second-order valence-electron chi connectivity index (χ2n) is 17.3. The average Bonchev–Trinajstić information content (AvgIpc) is 3.53. The molecule has 0 spiro atoms. The third-order valence-electron chi connectivity index (χ3n) is 12.2. The molecule has 2 aliphatic rings. The minimum atomic E-state index is -0.353. The quantitative estimate of drug-likeness (QED) is 0.171. The zero-order valence-electron chi connectivity index (χ0n) is 34.3. The van der Waals surface area contributed by atoms with Crippen LogP contribution in [0.3, 0.4) is 0 Å². The highest BCUT2D eigenvalue weighted by molar-refractivity contribution is 5.90. The summed E-state index contributed by atoms with van der Waals surface area (Å²) >= 11 is 0. The van der Waals surface area contributed by atoms with Crippen LogP contribution < -0.4 is 9.80 Å². The molecule has 6 aromatic carbocycles. The molecule has 7 aromatic rings. The molecule has 0 N–H and O–H groups in total. The molecule has 0 saturated carbocycles. The molecule has 2 aliphatic carbocycles. The summed E-state index contributed by atoms with van der Waals surface area (Å²) in [5, 5.41) is 0. The summed E-state index contributed by atoms with van der Waals surface area (Å²) in [7, 11) is 0. The number of hydrogen-bond acceptors (Lipinski definition) is 4. The van der Waals surface area contributed by atoms with Gasteiger partial charge in [-0.2, -0.15) is 0 Å². The Labute approximate surface area is 332 Å². The Morgan fingerprint density at radius 3 is 0.893 bits per heavy atom. The molecule has 0 atom stereocenters. The van der Waals surface area contributed by atoms with Crippen LogP contribution in [0.1, 0.15) is 83.6 Å². The second-order valence-corrected chi connectivity index (χ2v) is 17.3. The number of aromatic nitrogens is 2. The van der Waals surface area contributed by atoms with E-state index in [2.05, 4.69) is 200 Å². The van der Waals surface area contributed by atoms with Gasteiger partial charge in [0.05, 0.1) is 22.8 Å². The first-order chi connectivity index (χ1) is 26.7. The first-order valence-electron chi connectivity index (χ1n) is 19.8. The Bertz CT molecular complexity index is 2390. The largest absolute Gasteiger partial charge is 0.310 e. The monoisotopic (exact) mass is 730 g/mol. The highest BCUT2D eigenvalue weighted by Crippen LogP contribution is 2.56. The number of nitrogens with zero attached hydrogens (tertiary/aromatic N) is 4. The van der Waals surface area contributed by atoms with Crippen LogP contribution in [0.25, 0.3) is 22.5 Å². The van der Waals surface area contributed by atoms with Crippen molar-refractivity contribution in [1.29, 1.82) is 0 Å². The van der Waals surface area contributed by atoms with Crippen LogP contribution in [0.4, 0.5) is 34.1 Å². The fourth-order valence-electron chi connectivity index (χ4n) is 8.99. The van der Waals surface area contributed by atoms with Crippen LogP contribution in [-0.2, 0) is 10.8 Å². The molecule has 0 bridgehead atoms. The van der Waals surface area contributed by atoms with E-state index in [0.717, 1.165) is 56.9 Å². The maximum atomic E-state index is 5.67. The van der Waals surface area contributed by atoms with Crippen molar-refractivity contribution in [2.75, 3.05) is 9.80 Å². The van der Waals surface area contributed by atoms with Gasteiger partial charge in [0.1, 0.15) is 0 Å². The first-order valence-corrected chi connectivity index (χ1v) is 19.8. The summed E-state index contributed by atoms with van der Waals surface area (Å²) in [5.41, 5.74) is 22.6. The minimum Gasteiger partial charge on any atom is -0.310 e. The molecular weight excluding hydrogens is 681 g/mol. The van der Waals surface area contributed by atoms with E-state index in [1.165, 1.54) is 55.6 Å². The summed E-state index contributed by atoms with van der Waals surface area (Å²) in [6.07, 6.45) is 0. The lowest BCUT2D eigenvalue weighted by Crippen LogP contribution is -2.20. The van der Waals surface area contributed by atoms with Crippen molar-refractivity contribution in [3.63, 3.8) is 0 Å². The molecular formula is C52H50N4. The van der Waals surface area contributed by atoms with Crippen molar-refractivity contribution >= 4 is 34.1 Å². The number of hydrogen-bond donors (Lipinski definition) is 0. The van der Waals surface area contributed by atoms with Gasteiger partial charge in [-0.15, -0.1) is 0 Å². The van der Waals surface area contributed by atoms with E-state index in [-0.39, 0.29) is 10.8 Å². The predicted octanol–water partition coefficient (Wildman–Crippen LogP) is 13.9. The minimum absolute atomic E-state index is 0.353. The van der Waals surface area contributed by atoms with Crippen molar-refractivity contribution in [2.45, 2.75) is 80.1 Å². The van der Waals surface area contributed by atoms with E-state index in [1.807, 2.05) is 0 Å². The van der Waals surface area contributed by atoms with Gasteiger partial charge in [0.25, 0.3) is 0 Å². The fraction of sp³-hybridized carbons (Fsp3) is 0.231. The normalized spacial score (nSPS) is 14.2. The molecule has 1 heterocycles. The Hall–Kier alpha value is -6.00. The average molecular weight is 731 g/mol. The van der Waals surface area contributed by atoms with E-state index in [4.69, 9.17) is 9.97 Å². The van der Waals surface area contributed by atoms with Crippen LogP contribution in [0.2, 0.25) is 0 Å². The van der Waals surface area contributed by atoms with E-state index < -0.39 is 0 Å². The van der Waals surface area contributed by atoms with Crippen molar-refractivity contribution in [3.8, 4) is 22.5 Å². The third-order valence-corrected chi connectivity index (χ3v) is 12.2. The van der Waals surface area contributed by atoms with E-state index in [9.17, 15) is 0 Å². The summed E-state index contributed by atoms with van der Waals surface area (Å²) in [5.74, 6) is 0. The number of rotatable bonds is 6. The SMILES string of the molecule is Cc1ccc(N(c2ccc(C)cc2)c2cc(C)c3c(c2)C(C)(C)c2nc4c(nc2-3)C(C)(C)c2cc(N(c3ccc(C)cc3)c3ccc(C)cc3)cc(C)c2-4)cc1. The summed E-state index contributed by atoms with van der Waals surface area (Å²) in [4.78, 5) is 16.1. The summed E-state index contributed by atoms with van der Waals surface area (Å²) in [6, 6.07) is 44.8. The van der Waals surface area contributed by atoms with Gasteiger partial charge in [-0.05, 0) is 137 Å². The Balaban J connectivity index is 1.18. The molecule has 0 amide bonds. The zero-order chi connectivity index (χ0) is 39.3. The topological polar surface area (TPSA) is 32.3 Å². The van der Waals surface area contributed by atoms with Crippen LogP contribution in [0.5, 0.6) is 0 Å². The number of aryl methyl sites for hydroxylation is 6. The zero-order valence-corrected chi connectivity index (χ0v) is 34.3. The molecule has 9 rings (SSSR count). The van der Waals surface area contributed by atoms with Crippen LogP contribution in [0.15, 0.2) is 121 Å². The molecule has 0 radical (unpaired) electrons. The Morgan fingerprint density at radius 1 is 0.357 bits per heavy atom. The van der Waals surface area contributed by atoms with Crippen LogP contribution in [-0.4, -0.2) is 9.97 Å². The lowest BCUT2D eigenvalue weighted by molar-refractivity contribution is 0.617. The van der Waals surface area contributed by atoms with Gasteiger partial charge in [-0.3, -0.25) is 0 Å². The lowest BCUT2D eigenvalue weighted by atomic mass is 9.84. The summed E-state index contributed by atoms with van der Waals surface area (Å²) in [6.45, 7) is 22.3. The van der Waals surface area contributed by atoms with Crippen molar-refractivity contribution in [3.05, 3.63) is 177 Å². The van der Waals surface area contributed by atoms with E-state index >= 15 is 0 Å². The van der Waals surface area contributed by atoms with Crippen LogP contribution >= 0.6 is 0 Å². The molecule has 0 fully saturated rings. The van der Waals surface area contributed by atoms with Crippen molar-refractivity contribution in [1.82, 2.24) is 9.97 Å². The van der Waals surface area contributed by atoms with Gasteiger partial charge in [0.2, 0.25) is 0 Å². The molecule has 56 heavy (non-hydrogen) atoms. The van der Waals surface area contributed by atoms with Gasteiger partial charge in [0, 0.05) is 56.1 Å². The summed E-state index contributed by atoms with van der Waals surface area (Å²) < 4.78 is 0. The maximum Gasteiger partial charge on any atom is 0.0936 e. The molecule has 4 heteroatoms. The molecule has 278 valence electrons. The van der Waals surface area contributed by atoms with Gasteiger partial charge in [-0.25, -0.2) is 9.97 Å². The molecule has 1 aromatic heterocycles. The molecule has 0 unspecified atom stereocenters. The highest BCUT2D eigenvalue weighted by Gasteiger charge is 2.46. The lowest BCUT2D eigenvalue weighted by Gasteiger charge is -2.29. The third kappa shape index (κ3) is 5.57. The smallest absolute Gasteiger partial charge is 0.0936 e. The van der Waals surface area contributed by atoms with Gasteiger partial charge in [0.15, 0.2) is 0 Å². The number of fused-ring (bicyclic) bond motifs is 6. The first kappa shape index (κ1) is 35.7. The second kappa shape index (κ2) is 12.8. The number of benzene rings is 6. The van der Waals surface area contributed by atoms with Gasteiger partial charge < -0.3 is 9.80 Å². The van der Waals surface area contributed by atoms with Gasteiger partial charge >= 0.3 is 0 Å². The fourth-order valence-corrected chi connectivity index (χ4v) is 8.99. The highest BCUT2D eigenvalue weighted by atomic mass is 15.1. The van der Waals surface area contributed by atoms with E-state index in [0.29, 0.717) is 0 Å². The Kier molecular flexibility index (Phi) is 8.14. The standard InChI is InChI=1S/C52H50N4/c1-31-11-19-37(20-12-31)55(38-21-13-32(2)14-22-38)41-27-35(5)45-43(29-41)51(7,8)49-47(45)53-50-48(54-49)46-36(6)28-42(30-44(46)52(50,9)10)56(39-23-15-33(3)16-24-39)40-25-17-34(4)18-26-40/h11-30H,1-10H3. The van der Waals surface area contributed by atoms with Crippen molar-refractivity contribution in [2.24, 2.45) is 0 Å². The number of anilines is 6. The van der Waals surface area contributed by atoms with Crippen LogP contribution in [0, 0.1) is 41.5 Å². The molecule has 0 saturated heterocycles.